The van der Waals surface area contributed by atoms with Gasteiger partial charge in [-0.05, 0) is 49.1 Å². The van der Waals surface area contributed by atoms with Crippen molar-refractivity contribution in [2.75, 3.05) is 6.54 Å². The maximum Gasteiger partial charge on any atom is 0.251 e. The van der Waals surface area contributed by atoms with Crippen molar-refractivity contribution in [3.05, 3.63) is 71.4 Å². The van der Waals surface area contributed by atoms with Crippen LogP contribution in [0.2, 0.25) is 0 Å². The molecule has 0 fully saturated rings. The summed E-state index contributed by atoms with van der Waals surface area (Å²) in [6.45, 7) is 0.571. The molecule has 0 saturated heterocycles. The van der Waals surface area contributed by atoms with Crippen LogP contribution in [0.25, 0.3) is 10.9 Å². The van der Waals surface area contributed by atoms with E-state index in [1.165, 1.54) is 5.56 Å². The summed E-state index contributed by atoms with van der Waals surface area (Å²) in [4.78, 5) is 24.4. The van der Waals surface area contributed by atoms with Crippen LogP contribution in [-0.4, -0.2) is 22.9 Å². The fourth-order valence-corrected chi connectivity index (χ4v) is 3.58. The van der Waals surface area contributed by atoms with Crippen LogP contribution in [-0.2, 0) is 12.8 Å². The highest BCUT2D eigenvalue weighted by molar-refractivity contribution is 5.96. The molecule has 2 heterocycles. The van der Waals surface area contributed by atoms with E-state index in [-0.39, 0.29) is 11.8 Å². The second kappa shape index (κ2) is 6.55. The zero-order valence-corrected chi connectivity index (χ0v) is 14.0. The third-order valence-corrected chi connectivity index (χ3v) is 4.80. The number of carbonyl (C=O) groups is 2. The summed E-state index contributed by atoms with van der Waals surface area (Å²) in [6.07, 6.45) is 3.24. The minimum absolute atomic E-state index is 0.0564. The number of nitrogens with zero attached hydrogens (tertiary/aromatic N) is 1. The van der Waals surface area contributed by atoms with E-state index in [4.69, 9.17) is 0 Å². The van der Waals surface area contributed by atoms with Crippen molar-refractivity contribution in [2.24, 2.45) is 0 Å². The van der Waals surface area contributed by atoms with Crippen LogP contribution < -0.4 is 5.32 Å². The summed E-state index contributed by atoms with van der Waals surface area (Å²) in [5, 5.41) is 4.10. The van der Waals surface area contributed by atoms with E-state index in [0.717, 1.165) is 35.9 Å². The highest BCUT2D eigenvalue weighted by Gasteiger charge is 2.20. The molecule has 1 aliphatic rings. The standard InChI is InChI=1S/C21H20N2O2/c24-20-11-5-9-17-14-18-15(8-4-10-19(18)23(17)20)12-13-22-21(25)16-6-2-1-3-7-16/h1-4,6-8,10,14H,5,9,11-13H2,(H,22,25). The average Bonchev–Trinajstić information content (AvgIpc) is 3.03. The Kier molecular flexibility index (Phi) is 4.10. The maximum atomic E-state index is 12.2. The van der Waals surface area contributed by atoms with Gasteiger partial charge in [-0.1, -0.05) is 30.3 Å². The Balaban J connectivity index is 1.52. The second-order valence-electron chi connectivity index (χ2n) is 6.44. The van der Waals surface area contributed by atoms with Crippen LogP contribution in [0, 0.1) is 0 Å². The van der Waals surface area contributed by atoms with Crippen molar-refractivity contribution in [1.82, 2.24) is 9.88 Å². The predicted octanol–water partition coefficient (Wildman–Crippen LogP) is 3.59. The van der Waals surface area contributed by atoms with Gasteiger partial charge in [-0.25, -0.2) is 0 Å². The van der Waals surface area contributed by atoms with Crippen molar-refractivity contribution in [3.8, 4) is 0 Å². The van der Waals surface area contributed by atoms with Gasteiger partial charge in [0.15, 0.2) is 0 Å². The molecular weight excluding hydrogens is 312 g/mol. The largest absolute Gasteiger partial charge is 0.352 e. The lowest BCUT2D eigenvalue weighted by atomic mass is 10.1. The zero-order valence-electron chi connectivity index (χ0n) is 14.0. The SMILES string of the molecule is O=C(NCCc1cccc2c1cc1n2C(=O)CCC1)c1ccccc1. The number of carbonyl (C=O) groups excluding carboxylic acids is 2. The number of hydrogen-bond donors (Lipinski definition) is 1. The maximum absolute atomic E-state index is 12.2. The summed E-state index contributed by atoms with van der Waals surface area (Å²) < 4.78 is 1.87. The van der Waals surface area contributed by atoms with Gasteiger partial charge in [0.1, 0.15) is 0 Å². The third-order valence-electron chi connectivity index (χ3n) is 4.80. The molecule has 1 amide bonds. The van der Waals surface area contributed by atoms with Gasteiger partial charge in [0, 0.05) is 29.6 Å². The lowest BCUT2D eigenvalue weighted by Gasteiger charge is -2.14. The van der Waals surface area contributed by atoms with Crippen LogP contribution in [0.4, 0.5) is 0 Å². The molecule has 25 heavy (non-hydrogen) atoms. The van der Waals surface area contributed by atoms with Gasteiger partial charge in [0.2, 0.25) is 5.91 Å². The Bertz CT molecular complexity index is 941. The van der Waals surface area contributed by atoms with Gasteiger partial charge in [0.25, 0.3) is 5.91 Å². The quantitative estimate of drug-likeness (QED) is 0.794. The van der Waals surface area contributed by atoms with E-state index in [1.807, 2.05) is 47.0 Å². The summed E-state index contributed by atoms with van der Waals surface area (Å²) in [5.74, 6) is 0.130. The molecule has 0 atom stereocenters. The summed E-state index contributed by atoms with van der Waals surface area (Å²) in [6, 6.07) is 17.5. The van der Waals surface area contributed by atoms with Crippen molar-refractivity contribution in [1.29, 1.82) is 0 Å². The summed E-state index contributed by atoms with van der Waals surface area (Å²) >= 11 is 0. The predicted molar refractivity (Wildman–Crippen MR) is 98.0 cm³/mol. The fourth-order valence-electron chi connectivity index (χ4n) is 3.58. The fraction of sp³-hybridized carbons (Fsp3) is 0.238. The molecule has 2 aromatic carbocycles. The second-order valence-corrected chi connectivity index (χ2v) is 6.44. The average molecular weight is 332 g/mol. The molecule has 4 nitrogen and oxygen atoms in total. The topological polar surface area (TPSA) is 51.1 Å². The number of aromatic nitrogens is 1. The zero-order chi connectivity index (χ0) is 17.2. The third kappa shape index (κ3) is 2.95. The Hall–Kier alpha value is -2.88. The van der Waals surface area contributed by atoms with Gasteiger partial charge < -0.3 is 5.32 Å². The van der Waals surface area contributed by atoms with Crippen molar-refractivity contribution in [3.63, 3.8) is 0 Å². The highest BCUT2D eigenvalue weighted by Crippen LogP contribution is 2.28. The lowest BCUT2D eigenvalue weighted by Crippen LogP contribution is -2.25. The lowest BCUT2D eigenvalue weighted by molar-refractivity contribution is 0.0888. The molecule has 0 radical (unpaired) electrons. The molecule has 1 aliphatic heterocycles. The smallest absolute Gasteiger partial charge is 0.251 e. The highest BCUT2D eigenvalue weighted by atomic mass is 16.2. The first-order chi connectivity index (χ1) is 12.2. The normalized spacial score (nSPS) is 13.7. The monoisotopic (exact) mass is 332 g/mol. The van der Waals surface area contributed by atoms with Gasteiger partial charge in [0.05, 0.1) is 5.52 Å². The number of nitrogens with one attached hydrogen (secondary N) is 1. The number of amides is 1. The Morgan fingerprint density at radius 1 is 1.04 bits per heavy atom. The molecule has 4 rings (SSSR count). The molecule has 0 unspecified atom stereocenters. The molecule has 0 saturated carbocycles. The number of hydrogen-bond acceptors (Lipinski definition) is 2. The Morgan fingerprint density at radius 3 is 2.72 bits per heavy atom. The Morgan fingerprint density at radius 2 is 1.88 bits per heavy atom. The first-order valence-corrected chi connectivity index (χ1v) is 8.73. The summed E-state index contributed by atoms with van der Waals surface area (Å²) in [5.41, 5.74) is 3.94. The van der Waals surface area contributed by atoms with Crippen molar-refractivity contribution in [2.45, 2.75) is 25.7 Å². The molecule has 0 bridgehead atoms. The number of benzene rings is 2. The van der Waals surface area contributed by atoms with Gasteiger partial charge in [-0.3, -0.25) is 14.2 Å². The molecule has 126 valence electrons. The Labute approximate surface area is 146 Å². The summed E-state index contributed by atoms with van der Waals surface area (Å²) in [7, 11) is 0. The molecular formula is C21H20N2O2. The first kappa shape index (κ1) is 15.6. The molecule has 4 heteroatoms. The minimum Gasteiger partial charge on any atom is -0.352 e. The van der Waals surface area contributed by atoms with E-state index in [1.54, 1.807) is 0 Å². The van der Waals surface area contributed by atoms with Crippen molar-refractivity contribution < 1.29 is 9.59 Å². The molecule has 1 aromatic heterocycles. The van der Waals surface area contributed by atoms with E-state index in [9.17, 15) is 9.59 Å². The van der Waals surface area contributed by atoms with Gasteiger partial charge in [-0.15, -0.1) is 0 Å². The molecule has 0 aliphatic carbocycles. The number of aryl methyl sites for hydroxylation is 1. The number of fused-ring (bicyclic) bond motifs is 3. The minimum atomic E-state index is -0.0564. The van der Waals surface area contributed by atoms with Crippen molar-refractivity contribution >= 4 is 22.7 Å². The van der Waals surface area contributed by atoms with Crippen LogP contribution in [0.5, 0.6) is 0 Å². The van der Waals surface area contributed by atoms with Crippen LogP contribution in [0.3, 0.4) is 0 Å². The van der Waals surface area contributed by atoms with E-state index in [2.05, 4.69) is 17.4 Å². The molecule has 0 spiro atoms. The number of rotatable bonds is 4. The van der Waals surface area contributed by atoms with E-state index in [0.29, 0.717) is 18.5 Å². The van der Waals surface area contributed by atoms with E-state index >= 15 is 0 Å². The van der Waals surface area contributed by atoms with Crippen LogP contribution in [0.15, 0.2) is 54.6 Å². The van der Waals surface area contributed by atoms with E-state index < -0.39 is 0 Å². The van der Waals surface area contributed by atoms with Gasteiger partial charge >= 0.3 is 0 Å². The van der Waals surface area contributed by atoms with Crippen LogP contribution in [0.1, 0.15) is 39.3 Å². The van der Waals surface area contributed by atoms with Crippen LogP contribution >= 0.6 is 0 Å². The van der Waals surface area contributed by atoms with Gasteiger partial charge in [-0.2, -0.15) is 0 Å². The first-order valence-electron chi connectivity index (χ1n) is 8.73. The molecule has 3 aromatic rings. The molecule has 1 N–H and O–H groups in total.